The molecule has 2 aromatic heterocycles. The summed E-state index contributed by atoms with van der Waals surface area (Å²) in [5, 5.41) is 0.265. The van der Waals surface area contributed by atoms with E-state index in [-0.39, 0.29) is 5.28 Å². The zero-order valence-corrected chi connectivity index (χ0v) is 11.1. The van der Waals surface area contributed by atoms with Gasteiger partial charge in [-0.15, -0.1) is 0 Å². The number of rotatable bonds is 3. The van der Waals surface area contributed by atoms with Gasteiger partial charge in [-0.1, -0.05) is 12.8 Å². The average molecular weight is 266 g/mol. The Bertz CT molecular complexity index is 546. The molecule has 0 bridgehead atoms. The van der Waals surface area contributed by atoms with Crippen molar-refractivity contribution in [1.82, 2.24) is 19.9 Å². The van der Waals surface area contributed by atoms with Crippen LogP contribution in [0.1, 0.15) is 32.6 Å². The number of aromatic amines is 1. The lowest BCUT2D eigenvalue weighted by molar-refractivity contribution is 0.614. The molecule has 0 aliphatic heterocycles. The van der Waals surface area contributed by atoms with Crippen LogP contribution in [0.5, 0.6) is 0 Å². The quantitative estimate of drug-likeness (QED) is 0.867. The van der Waals surface area contributed by atoms with Gasteiger partial charge in [-0.05, 0) is 31.4 Å². The molecule has 1 saturated carbocycles. The lowest BCUT2D eigenvalue weighted by atomic mass is 10.2. The summed E-state index contributed by atoms with van der Waals surface area (Å²) >= 11 is 5.99. The van der Waals surface area contributed by atoms with Gasteiger partial charge in [-0.2, -0.15) is 9.97 Å². The zero-order chi connectivity index (χ0) is 12.5. The Labute approximate surface area is 111 Å². The highest BCUT2D eigenvalue weighted by molar-refractivity contribution is 6.28. The topological polar surface area (TPSA) is 57.7 Å². The van der Waals surface area contributed by atoms with Crippen LogP contribution in [0.2, 0.25) is 5.28 Å². The SMILES string of the molecule is CCN(c1nc(Cl)nc2nc[nH]c12)C1CCCC1. The van der Waals surface area contributed by atoms with Gasteiger partial charge in [0.15, 0.2) is 11.5 Å². The average Bonchev–Trinajstić information content (AvgIpc) is 2.99. The predicted octanol–water partition coefficient (Wildman–Crippen LogP) is 2.78. The van der Waals surface area contributed by atoms with Crippen LogP contribution < -0.4 is 4.90 Å². The molecule has 0 aromatic carbocycles. The van der Waals surface area contributed by atoms with Crippen LogP contribution in [0.3, 0.4) is 0 Å². The van der Waals surface area contributed by atoms with Crippen molar-refractivity contribution >= 4 is 28.6 Å². The number of aromatic nitrogens is 4. The molecule has 5 nitrogen and oxygen atoms in total. The summed E-state index contributed by atoms with van der Waals surface area (Å²) in [6, 6.07) is 0.562. The molecule has 6 heteroatoms. The first-order chi connectivity index (χ1) is 8.79. The van der Waals surface area contributed by atoms with Crippen molar-refractivity contribution in [3.63, 3.8) is 0 Å². The molecule has 1 aliphatic carbocycles. The van der Waals surface area contributed by atoms with Gasteiger partial charge >= 0.3 is 0 Å². The minimum Gasteiger partial charge on any atom is -0.352 e. The summed E-state index contributed by atoms with van der Waals surface area (Å²) in [5.41, 5.74) is 1.52. The van der Waals surface area contributed by atoms with Crippen molar-refractivity contribution in [1.29, 1.82) is 0 Å². The molecule has 0 radical (unpaired) electrons. The van der Waals surface area contributed by atoms with Crippen molar-refractivity contribution in [2.75, 3.05) is 11.4 Å². The maximum atomic E-state index is 5.99. The molecule has 96 valence electrons. The van der Waals surface area contributed by atoms with E-state index in [9.17, 15) is 0 Å². The Hall–Kier alpha value is -1.36. The van der Waals surface area contributed by atoms with E-state index in [0.29, 0.717) is 11.7 Å². The van der Waals surface area contributed by atoms with E-state index in [1.807, 2.05) is 0 Å². The van der Waals surface area contributed by atoms with Crippen LogP contribution in [-0.2, 0) is 0 Å². The second kappa shape index (κ2) is 4.72. The summed E-state index contributed by atoms with van der Waals surface area (Å²) in [6.45, 7) is 3.07. The van der Waals surface area contributed by atoms with Crippen LogP contribution >= 0.6 is 11.6 Å². The lowest BCUT2D eigenvalue weighted by Gasteiger charge is -2.28. The number of fused-ring (bicyclic) bond motifs is 1. The van der Waals surface area contributed by atoms with Gasteiger partial charge in [0.2, 0.25) is 5.28 Å². The number of H-pyrrole nitrogens is 1. The first-order valence-electron chi connectivity index (χ1n) is 6.43. The van der Waals surface area contributed by atoms with E-state index in [1.165, 1.54) is 25.7 Å². The smallest absolute Gasteiger partial charge is 0.226 e. The van der Waals surface area contributed by atoms with Crippen LogP contribution in [-0.4, -0.2) is 32.5 Å². The molecule has 0 amide bonds. The number of anilines is 1. The minimum absolute atomic E-state index is 0.265. The summed E-state index contributed by atoms with van der Waals surface area (Å²) in [6.07, 6.45) is 6.69. The molecule has 1 N–H and O–H groups in total. The molecule has 18 heavy (non-hydrogen) atoms. The summed E-state index contributed by atoms with van der Waals surface area (Å²) in [5.74, 6) is 0.886. The molecule has 1 aliphatic rings. The molecule has 0 atom stereocenters. The predicted molar refractivity (Wildman–Crippen MR) is 72.0 cm³/mol. The standard InChI is InChI=1S/C12H16ClN5/c1-2-18(8-5-3-4-6-8)11-9-10(15-7-14-9)16-12(13)17-11/h7-8H,2-6H2,1H3,(H,14,15,16,17). The van der Waals surface area contributed by atoms with Crippen molar-refractivity contribution < 1.29 is 0 Å². The van der Waals surface area contributed by atoms with Crippen molar-refractivity contribution in [2.24, 2.45) is 0 Å². The second-order valence-electron chi connectivity index (χ2n) is 4.64. The maximum Gasteiger partial charge on any atom is 0.226 e. The second-order valence-corrected chi connectivity index (χ2v) is 4.98. The summed E-state index contributed by atoms with van der Waals surface area (Å²) in [7, 11) is 0. The monoisotopic (exact) mass is 265 g/mol. The first-order valence-corrected chi connectivity index (χ1v) is 6.80. The zero-order valence-electron chi connectivity index (χ0n) is 10.4. The van der Waals surface area contributed by atoms with Gasteiger partial charge in [-0.3, -0.25) is 0 Å². The Morgan fingerprint density at radius 3 is 2.89 bits per heavy atom. The third kappa shape index (κ3) is 1.92. The third-order valence-corrected chi connectivity index (χ3v) is 3.79. The van der Waals surface area contributed by atoms with E-state index in [2.05, 4.69) is 31.8 Å². The fourth-order valence-corrected chi connectivity index (χ4v) is 2.96. The maximum absolute atomic E-state index is 5.99. The number of nitrogens with one attached hydrogen (secondary N) is 1. The number of imidazole rings is 1. The lowest BCUT2D eigenvalue weighted by Crippen LogP contribution is -2.34. The van der Waals surface area contributed by atoms with Crippen molar-refractivity contribution in [2.45, 2.75) is 38.6 Å². The molecule has 3 rings (SSSR count). The Balaban J connectivity index is 2.07. The van der Waals surface area contributed by atoms with Crippen LogP contribution in [0, 0.1) is 0 Å². The molecular formula is C12H16ClN5. The molecule has 0 unspecified atom stereocenters. The number of hydrogen-bond acceptors (Lipinski definition) is 4. The number of hydrogen-bond donors (Lipinski definition) is 1. The molecule has 2 aromatic rings. The van der Waals surface area contributed by atoms with Gasteiger partial charge in [0.05, 0.1) is 6.33 Å². The minimum atomic E-state index is 0.265. The van der Waals surface area contributed by atoms with E-state index in [4.69, 9.17) is 11.6 Å². The summed E-state index contributed by atoms with van der Waals surface area (Å²) < 4.78 is 0. The Kier molecular flexibility index (Phi) is 3.07. The first kappa shape index (κ1) is 11.7. The van der Waals surface area contributed by atoms with Gasteiger partial charge in [0.1, 0.15) is 5.52 Å². The molecular weight excluding hydrogens is 250 g/mol. The highest BCUT2D eigenvalue weighted by Gasteiger charge is 2.25. The van der Waals surface area contributed by atoms with E-state index >= 15 is 0 Å². The van der Waals surface area contributed by atoms with Gasteiger partial charge in [-0.25, -0.2) is 4.98 Å². The fraction of sp³-hybridized carbons (Fsp3) is 0.583. The molecule has 1 fully saturated rings. The van der Waals surface area contributed by atoms with Crippen LogP contribution in [0.4, 0.5) is 5.82 Å². The van der Waals surface area contributed by atoms with Crippen LogP contribution in [0.25, 0.3) is 11.2 Å². The Morgan fingerprint density at radius 1 is 1.39 bits per heavy atom. The molecule has 0 spiro atoms. The van der Waals surface area contributed by atoms with Crippen molar-refractivity contribution in [3.8, 4) is 0 Å². The molecule has 0 saturated heterocycles. The molecule has 2 heterocycles. The van der Waals surface area contributed by atoms with E-state index in [1.54, 1.807) is 6.33 Å². The summed E-state index contributed by atoms with van der Waals surface area (Å²) in [4.78, 5) is 18.1. The third-order valence-electron chi connectivity index (χ3n) is 3.62. The number of nitrogens with zero attached hydrogens (tertiary/aromatic N) is 4. The van der Waals surface area contributed by atoms with E-state index in [0.717, 1.165) is 17.9 Å². The van der Waals surface area contributed by atoms with Gasteiger partial charge < -0.3 is 9.88 Å². The van der Waals surface area contributed by atoms with Gasteiger partial charge in [0, 0.05) is 12.6 Å². The highest BCUT2D eigenvalue weighted by atomic mass is 35.5. The van der Waals surface area contributed by atoms with Crippen LogP contribution in [0.15, 0.2) is 6.33 Å². The highest BCUT2D eigenvalue weighted by Crippen LogP contribution is 2.30. The number of halogens is 1. The largest absolute Gasteiger partial charge is 0.352 e. The fourth-order valence-electron chi connectivity index (χ4n) is 2.80. The normalized spacial score (nSPS) is 16.6. The Morgan fingerprint density at radius 2 is 2.17 bits per heavy atom. The van der Waals surface area contributed by atoms with Crippen molar-refractivity contribution in [3.05, 3.63) is 11.6 Å². The van der Waals surface area contributed by atoms with Gasteiger partial charge in [0.25, 0.3) is 0 Å². The van der Waals surface area contributed by atoms with E-state index < -0.39 is 0 Å².